The van der Waals surface area contributed by atoms with Crippen LogP contribution in [0.15, 0.2) is 12.4 Å². The van der Waals surface area contributed by atoms with Gasteiger partial charge in [0, 0.05) is 26.0 Å². The van der Waals surface area contributed by atoms with E-state index in [1.54, 1.807) is 0 Å². The third-order valence-electron chi connectivity index (χ3n) is 1.34. The molecule has 0 spiro atoms. The van der Waals surface area contributed by atoms with Gasteiger partial charge in [0.25, 0.3) is 0 Å². The van der Waals surface area contributed by atoms with Crippen LogP contribution >= 0.6 is 0 Å². The molecule has 1 heterocycles. The van der Waals surface area contributed by atoms with E-state index < -0.39 is 0 Å². The number of rotatable bonds is 1. The molecule has 1 aliphatic rings. The molecule has 4 heteroatoms. The van der Waals surface area contributed by atoms with Crippen molar-refractivity contribution in [2.75, 3.05) is 20.3 Å². The number of hydrogen-bond donors (Lipinski definition) is 0. The van der Waals surface area contributed by atoms with Gasteiger partial charge < -0.3 is 26.8 Å². The van der Waals surface area contributed by atoms with Crippen LogP contribution in [0, 0.1) is 0 Å². The summed E-state index contributed by atoms with van der Waals surface area (Å²) < 4.78 is 0. The molecule has 0 saturated heterocycles. The van der Waals surface area contributed by atoms with Crippen molar-refractivity contribution >= 4 is 0 Å². The van der Waals surface area contributed by atoms with Gasteiger partial charge in [0.2, 0.25) is 0 Å². The molecule has 0 atom stereocenters. The minimum Gasteiger partial charge on any atom is -1.00 e. The van der Waals surface area contributed by atoms with Crippen LogP contribution in [0.2, 0.25) is 0 Å². The van der Waals surface area contributed by atoms with Gasteiger partial charge in [-0.1, -0.05) is 0 Å². The number of nitrogens with zero attached hydrogens (tertiary/aromatic N) is 2. The molecule has 0 amide bonds. The molecule has 0 bridgehead atoms. The molecule has 0 radical (unpaired) electrons. The Kier molecular flexibility index (Phi) is 8.75. The fourth-order valence-electron chi connectivity index (χ4n) is 0.794. The van der Waals surface area contributed by atoms with Crippen molar-refractivity contribution in [3.05, 3.63) is 12.4 Å². The Bertz CT molecular complexity index is 108. The first-order valence-corrected chi connectivity index (χ1v) is 2.95. The molecule has 0 N–H and O–H groups in total. The average Bonchev–Trinajstić information content (AvgIpc) is 2.14. The zero-order valence-corrected chi connectivity index (χ0v) is 10.4. The summed E-state index contributed by atoms with van der Waals surface area (Å²) in [6.45, 7) is 4.32. The quantitative estimate of drug-likeness (QED) is 0.403. The monoisotopic (exact) mass is 214 g/mol. The van der Waals surface area contributed by atoms with Crippen LogP contribution in [0.3, 0.4) is 0 Å². The molecule has 0 fully saturated rings. The number of halogens is 1. The van der Waals surface area contributed by atoms with Crippen LogP contribution in [0.25, 0.3) is 0 Å². The summed E-state index contributed by atoms with van der Waals surface area (Å²) in [5.74, 6) is 0. The van der Waals surface area contributed by atoms with Crippen molar-refractivity contribution in [1.82, 2.24) is 9.80 Å². The average molecular weight is 215 g/mol. The van der Waals surface area contributed by atoms with Crippen molar-refractivity contribution in [2.45, 2.75) is 6.92 Å². The van der Waals surface area contributed by atoms with Crippen LogP contribution in [0.5, 0.6) is 0 Å². The molecule has 0 aromatic heterocycles. The summed E-state index contributed by atoms with van der Waals surface area (Å²) in [5, 5.41) is 0. The fourth-order valence-corrected chi connectivity index (χ4v) is 0.794. The molecule has 1 aliphatic heterocycles. The van der Waals surface area contributed by atoms with E-state index in [1.807, 2.05) is 0 Å². The molecule has 0 saturated carbocycles. The molecule has 1 rings (SSSR count). The van der Waals surface area contributed by atoms with Gasteiger partial charge in [-0.3, -0.25) is 0 Å². The molecular weight excluding hydrogens is 203 g/mol. The summed E-state index contributed by atoms with van der Waals surface area (Å²) in [6.07, 6.45) is 4.20. The summed E-state index contributed by atoms with van der Waals surface area (Å²) in [7, 11) is 2.08. The molecule has 2 nitrogen and oxygen atoms in total. The minimum absolute atomic E-state index is 0. The Morgan fingerprint density at radius 2 is 2.00 bits per heavy atom. The van der Waals surface area contributed by atoms with E-state index in [0.29, 0.717) is 0 Å². The fraction of sp³-hybridized carbons (Fsp3) is 0.667. The van der Waals surface area contributed by atoms with E-state index in [9.17, 15) is 0 Å². The third kappa shape index (κ3) is 3.86. The predicted molar refractivity (Wildman–Crippen MR) is 34.1 cm³/mol. The molecular formula is C6H12BrN2Na. The minimum atomic E-state index is 0. The van der Waals surface area contributed by atoms with E-state index in [1.165, 1.54) is 0 Å². The van der Waals surface area contributed by atoms with Crippen LogP contribution in [0.1, 0.15) is 6.92 Å². The largest absolute Gasteiger partial charge is 1.00 e. The third-order valence-corrected chi connectivity index (χ3v) is 1.34. The normalized spacial score (nSPS) is 14.6. The topological polar surface area (TPSA) is 6.48 Å². The van der Waals surface area contributed by atoms with Gasteiger partial charge in [-0.05, 0) is 6.92 Å². The Morgan fingerprint density at radius 3 is 2.20 bits per heavy atom. The smallest absolute Gasteiger partial charge is 1.00 e. The van der Waals surface area contributed by atoms with Crippen LogP contribution in [-0.4, -0.2) is 30.1 Å². The maximum Gasteiger partial charge on any atom is 1.00 e. The van der Waals surface area contributed by atoms with E-state index in [-0.39, 0.29) is 46.5 Å². The van der Waals surface area contributed by atoms with E-state index >= 15 is 0 Å². The maximum absolute atomic E-state index is 2.25. The van der Waals surface area contributed by atoms with Gasteiger partial charge in [-0.2, -0.15) is 0 Å². The van der Waals surface area contributed by atoms with Gasteiger partial charge in [0.05, 0.1) is 6.67 Å². The van der Waals surface area contributed by atoms with E-state index in [0.717, 1.165) is 13.2 Å². The van der Waals surface area contributed by atoms with E-state index in [4.69, 9.17) is 0 Å². The summed E-state index contributed by atoms with van der Waals surface area (Å²) in [5.41, 5.74) is 0. The van der Waals surface area contributed by atoms with Crippen LogP contribution < -0.4 is 46.5 Å². The van der Waals surface area contributed by atoms with Gasteiger partial charge >= 0.3 is 29.6 Å². The molecule has 54 valence electrons. The van der Waals surface area contributed by atoms with Crippen molar-refractivity contribution in [3.63, 3.8) is 0 Å². The Morgan fingerprint density at radius 1 is 1.40 bits per heavy atom. The summed E-state index contributed by atoms with van der Waals surface area (Å²) >= 11 is 0. The van der Waals surface area contributed by atoms with Crippen molar-refractivity contribution in [3.8, 4) is 0 Å². The standard InChI is InChI=1S/C6H12N2.BrH.Na/c1-3-8-5-4-7(2)6-8;;/h4-5H,3,6H2,1-2H3;1H;/q;;+1/p-1. The molecule has 0 aromatic carbocycles. The number of hydrogen-bond acceptors (Lipinski definition) is 2. The Balaban J connectivity index is 0. The van der Waals surface area contributed by atoms with Gasteiger partial charge in [-0.25, -0.2) is 0 Å². The van der Waals surface area contributed by atoms with Crippen molar-refractivity contribution in [1.29, 1.82) is 0 Å². The summed E-state index contributed by atoms with van der Waals surface area (Å²) in [4.78, 5) is 4.41. The Hall–Kier alpha value is 0.820. The second kappa shape index (κ2) is 6.53. The van der Waals surface area contributed by atoms with Gasteiger partial charge in [-0.15, -0.1) is 0 Å². The van der Waals surface area contributed by atoms with Crippen molar-refractivity contribution < 1.29 is 46.5 Å². The predicted octanol–water partition coefficient (Wildman–Crippen LogP) is -5.31. The first-order valence-electron chi connectivity index (χ1n) is 2.95. The zero-order valence-electron chi connectivity index (χ0n) is 6.84. The zero-order chi connectivity index (χ0) is 5.98. The molecule has 0 aromatic rings. The second-order valence-electron chi connectivity index (χ2n) is 2.10. The van der Waals surface area contributed by atoms with Crippen molar-refractivity contribution in [2.24, 2.45) is 0 Å². The SMILES string of the molecule is CCN1C=CN(C)C1.[Br-].[Na+]. The van der Waals surface area contributed by atoms with E-state index in [2.05, 4.69) is 36.2 Å². The molecule has 0 unspecified atom stereocenters. The maximum atomic E-state index is 2.25. The van der Waals surface area contributed by atoms with Crippen LogP contribution in [0.4, 0.5) is 0 Å². The first-order chi connectivity index (χ1) is 3.83. The first kappa shape index (κ1) is 13.4. The van der Waals surface area contributed by atoms with Gasteiger partial charge in [0.15, 0.2) is 0 Å². The van der Waals surface area contributed by atoms with Crippen LogP contribution in [-0.2, 0) is 0 Å². The Labute approximate surface area is 95.3 Å². The van der Waals surface area contributed by atoms with Gasteiger partial charge in [0.1, 0.15) is 0 Å². The molecule has 0 aliphatic carbocycles. The summed E-state index contributed by atoms with van der Waals surface area (Å²) in [6, 6.07) is 0. The molecule has 10 heavy (non-hydrogen) atoms. The second-order valence-corrected chi connectivity index (χ2v) is 2.10.